The highest BCUT2D eigenvalue weighted by molar-refractivity contribution is 14.1. The van der Waals surface area contributed by atoms with Crippen LogP contribution in [-0.4, -0.2) is 34.1 Å². The molecule has 0 aromatic carbocycles. The molecule has 0 aliphatic heterocycles. The van der Waals surface area contributed by atoms with Crippen molar-refractivity contribution in [2.24, 2.45) is 5.92 Å². The summed E-state index contributed by atoms with van der Waals surface area (Å²) in [7, 11) is 0. The molecular formula is C16H25IN+. The van der Waals surface area contributed by atoms with Crippen molar-refractivity contribution in [3.8, 4) is 12.3 Å². The first kappa shape index (κ1) is 15.8. The van der Waals surface area contributed by atoms with E-state index in [1.807, 2.05) is 0 Å². The maximum atomic E-state index is 5.59. The molecule has 1 aliphatic carbocycles. The molecule has 2 heteroatoms. The first-order chi connectivity index (χ1) is 8.44. The van der Waals surface area contributed by atoms with Crippen molar-refractivity contribution in [3.63, 3.8) is 0 Å². The van der Waals surface area contributed by atoms with Crippen LogP contribution in [0.3, 0.4) is 0 Å². The van der Waals surface area contributed by atoms with Crippen molar-refractivity contribution < 1.29 is 4.48 Å². The lowest BCUT2D eigenvalue weighted by Crippen LogP contribution is -2.57. The SMILES string of the molecule is C#CC[N+](CC)(CC)CC1(I)C(C)=CC=CC1C. The predicted octanol–water partition coefficient (Wildman–Crippen LogP) is 3.80. The summed E-state index contributed by atoms with van der Waals surface area (Å²) in [6.45, 7) is 13.2. The molecule has 0 N–H and O–H groups in total. The smallest absolute Gasteiger partial charge is 0.140 e. The minimum absolute atomic E-state index is 0.204. The van der Waals surface area contributed by atoms with Crippen LogP contribution in [0.25, 0.3) is 0 Å². The monoisotopic (exact) mass is 358 g/mol. The van der Waals surface area contributed by atoms with E-state index in [0.717, 1.165) is 30.7 Å². The molecule has 2 atom stereocenters. The van der Waals surface area contributed by atoms with Gasteiger partial charge in [-0.2, -0.15) is 0 Å². The van der Waals surface area contributed by atoms with Crippen LogP contribution < -0.4 is 0 Å². The highest BCUT2D eigenvalue weighted by atomic mass is 127. The second-order valence-electron chi connectivity index (χ2n) is 5.38. The maximum Gasteiger partial charge on any atom is 0.140 e. The first-order valence-corrected chi connectivity index (χ1v) is 7.85. The zero-order valence-electron chi connectivity index (χ0n) is 12.0. The van der Waals surface area contributed by atoms with Crippen LogP contribution in [0, 0.1) is 18.3 Å². The lowest BCUT2D eigenvalue weighted by Gasteiger charge is -2.45. The summed E-state index contributed by atoms with van der Waals surface area (Å²) in [5, 5.41) is 0. The second kappa shape index (κ2) is 6.25. The van der Waals surface area contributed by atoms with Crippen LogP contribution in [0.2, 0.25) is 0 Å². The number of hydrogen-bond donors (Lipinski definition) is 0. The highest BCUT2D eigenvalue weighted by Gasteiger charge is 2.42. The third-order valence-corrected chi connectivity index (χ3v) is 6.63. The topological polar surface area (TPSA) is 0 Å². The van der Waals surface area contributed by atoms with Gasteiger partial charge in [-0.05, 0) is 32.6 Å². The molecule has 1 aliphatic rings. The normalized spacial score (nSPS) is 27.8. The highest BCUT2D eigenvalue weighted by Crippen LogP contribution is 2.41. The number of nitrogens with zero attached hydrogens (tertiary/aromatic N) is 1. The van der Waals surface area contributed by atoms with Gasteiger partial charge in [-0.3, -0.25) is 0 Å². The molecule has 0 amide bonds. The summed E-state index contributed by atoms with van der Waals surface area (Å²) in [5.74, 6) is 3.44. The molecule has 1 nitrogen and oxygen atoms in total. The van der Waals surface area contributed by atoms with E-state index in [1.165, 1.54) is 5.57 Å². The molecule has 0 aromatic rings. The molecule has 100 valence electrons. The van der Waals surface area contributed by atoms with Gasteiger partial charge in [-0.15, -0.1) is 6.42 Å². The standard InChI is InChI=1S/C16H25IN/c1-6-12-18(7-2,8-3)13-16(17)14(4)10-9-11-15(16)5/h1,9-11,14H,7-8,12-13H2,2-5H3/q+1. The molecular weight excluding hydrogens is 333 g/mol. The van der Waals surface area contributed by atoms with Crippen molar-refractivity contribution in [2.75, 3.05) is 26.2 Å². The average Bonchev–Trinajstić information content (AvgIpc) is 2.36. The van der Waals surface area contributed by atoms with Crippen molar-refractivity contribution in [1.82, 2.24) is 0 Å². The van der Waals surface area contributed by atoms with Gasteiger partial charge < -0.3 is 4.48 Å². The van der Waals surface area contributed by atoms with Gasteiger partial charge in [0.15, 0.2) is 0 Å². The van der Waals surface area contributed by atoms with Crippen molar-refractivity contribution in [1.29, 1.82) is 0 Å². The molecule has 0 saturated carbocycles. The largest absolute Gasteiger partial charge is 0.313 e. The zero-order chi connectivity index (χ0) is 13.8. The van der Waals surface area contributed by atoms with Gasteiger partial charge in [0.05, 0.1) is 23.1 Å². The molecule has 0 heterocycles. The number of alkyl halides is 1. The van der Waals surface area contributed by atoms with Gasteiger partial charge in [-0.25, -0.2) is 0 Å². The van der Waals surface area contributed by atoms with E-state index < -0.39 is 0 Å². The van der Waals surface area contributed by atoms with E-state index in [9.17, 15) is 0 Å². The Kier molecular flexibility index (Phi) is 5.48. The average molecular weight is 358 g/mol. The summed E-state index contributed by atoms with van der Waals surface area (Å²) >= 11 is 2.65. The van der Waals surface area contributed by atoms with E-state index in [4.69, 9.17) is 6.42 Å². The van der Waals surface area contributed by atoms with Gasteiger partial charge in [0.25, 0.3) is 0 Å². The fourth-order valence-corrected chi connectivity index (χ4v) is 3.80. The van der Waals surface area contributed by atoms with Crippen LogP contribution in [-0.2, 0) is 0 Å². The van der Waals surface area contributed by atoms with Crippen molar-refractivity contribution in [3.05, 3.63) is 23.8 Å². The lowest BCUT2D eigenvalue weighted by molar-refractivity contribution is -0.919. The number of quaternary nitrogens is 1. The van der Waals surface area contributed by atoms with E-state index in [0.29, 0.717) is 5.92 Å². The Morgan fingerprint density at radius 1 is 1.44 bits per heavy atom. The minimum Gasteiger partial charge on any atom is -0.313 e. The van der Waals surface area contributed by atoms with Crippen molar-refractivity contribution >= 4 is 22.6 Å². The molecule has 0 aromatic heterocycles. The minimum atomic E-state index is 0.204. The van der Waals surface area contributed by atoms with Crippen LogP contribution in [0.4, 0.5) is 0 Å². The Balaban J connectivity index is 3.03. The third kappa shape index (κ3) is 3.00. The molecule has 18 heavy (non-hydrogen) atoms. The predicted molar refractivity (Wildman–Crippen MR) is 88.7 cm³/mol. The van der Waals surface area contributed by atoms with Crippen LogP contribution >= 0.6 is 22.6 Å². The Morgan fingerprint density at radius 2 is 2.06 bits per heavy atom. The summed E-state index contributed by atoms with van der Waals surface area (Å²) in [6.07, 6.45) is 12.3. The van der Waals surface area contributed by atoms with E-state index in [-0.39, 0.29) is 3.42 Å². The summed E-state index contributed by atoms with van der Waals surface area (Å²) in [5.41, 5.74) is 1.47. The molecule has 0 fully saturated rings. The zero-order valence-corrected chi connectivity index (χ0v) is 14.2. The van der Waals surface area contributed by atoms with Gasteiger partial charge in [0.2, 0.25) is 0 Å². The first-order valence-electron chi connectivity index (χ1n) is 6.77. The van der Waals surface area contributed by atoms with E-state index >= 15 is 0 Å². The molecule has 0 spiro atoms. The van der Waals surface area contributed by atoms with Crippen molar-refractivity contribution in [2.45, 2.75) is 31.1 Å². The number of rotatable bonds is 5. The number of allylic oxidation sites excluding steroid dienone is 3. The van der Waals surface area contributed by atoms with Crippen LogP contribution in [0.1, 0.15) is 27.7 Å². The number of halogens is 1. The fourth-order valence-electron chi connectivity index (χ4n) is 2.69. The number of terminal acetylenes is 1. The molecule has 0 bridgehead atoms. The van der Waals surface area contributed by atoms with Gasteiger partial charge >= 0.3 is 0 Å². The third-order valence-electron chi connectivity index (χ3n) is 4.46. The Hall–Kier alpha value is -0.270. The van der Waals surface area contributed by atoms with Crippen LogP contribution in [0.15, 0.2) is 23.8 Å². The second-order valence-corrected chi connectivity index (χ2v) is 7.31. The van der Waals surface area contributed by atoms with Crippen LogP contribution in [0.5, 0.6) is 0 Å². The molecule has 0 radical (unpaired) electrons. The Bertz CT molecular complexity index is 384. The summed E-state index contributed by atoms with van der Waals surface area (Å²) < 4.78 is 1.22. The van der Waals surface area contributed by atoms with Gasteiger partial charge in [0.1, 0.15) is 6.54 Å². The Labute approximate surface area is 126 Å². The van der Waals surface area contributed by atoms with E-state index in [1.54, 1.807) is 0 Å². The fraction of sp³-hybridized carbons (Fsp3) is 0.625. The maximum absolute atomic E-state index is 5.59. The van der Waals surface area contributed by atoms with Gasteiger partial charge in [0, 0.05) is 0 Å². The van der Waals surface area contributed by atoms with E-state index in [2.05, 4.69) is 74.4 Å². The quantitative estimate of drug-likeness (QED) is 0.304. The van der Waals surface area contributed by atoms with Gasteiger partial charge in [-0.1, -0.05) is 53.3 Å². The Morgan fingerprint density at radius 3 is 2.50 bits per heavy atom. The summed E-state index contributed by atoms with van der Waals surface area (Å²) in [6, 6.07) is 0. The lowest BCUT2D eigenvalue weighted by atomic mass is 9.83. The number of hydrogen-bond acceptors (Lipinski definition) is 0. The molecule has 1 rings (SSSR count). The molecule has 0 saturated heterocycles. The molecule has 2 unspecified atom stereocenters. The summed E-state index contributed by atoms with van der Waals surface area (Å²) in [4.78, 5) is 0.